The van der Waals surface area contributed by atoms with E-state index in [0.717, 1.165) is 35.7 Å². The lowest BCUT2D eigenvalue weighted by molar-refractivity contribution is 0.193. The Kier molecular flexibility index (Phi) is 4.11. The molecule has 0 aliphatic carbocycles. The summed E-state index contributed by atoms with van der Waals surface area (Å²) in [5, 5.41) is 1.63. The van der Waals surface area contributed by atoms with Crippen LogP contribution in [0.2, 0.25) is 5.02 Å². The van der Waals surface area contributed by atoms with Gasteiger partial charge in [-0.15, -0.1) is 0 Å². The number of para-hydroxylation sites is 1. The molecule has 0 bridgehead atoms. The standard InChI is InChI=1S/C12H15BrClNO/c1-15(10-5-6-16-8-10)12-9(7-13)3-2-4-11(12)14/h2-4,10H,5-8H2,1H3. The normalized spacial score (nSPS) is 20.1. The van der Waals surface area contributed by atoms with Gasteiger partial charge in [0.25, 0.3) is 0 Å². The van der Waals surface area contributed by atoms with Crippen LogP contribution in [0.4, 0.5) is 5.69 Å². The predicted molar refractivity (Wildman–Crippen MR) is 71.7 cm³/mol. The summed E-state index contributed by atoms with van der Waals surface area (Å²) in [6, 6.07) is 6.47. The Morgan fingerprint density at radius 3 is 3.00 bits per heavy atom. The molecule has 0 N–H and O–H groups in total. The van der Waals surface area contributed by atoms with Gasteiger partial charge in [0.05, 0.1) is 23.4 Å². The molecule has 88 valence electrons. The largest absolute Gasteiger partial charge is 0.379 e. The number of benzene rings is 1. The van der Waals surface area contributed by atoms with E-state index in [2.05, 4.69) is 33.9 Å². The van der Waals surface area contributed by atoms with Gasteiger partial charge in [-0.05, 0) is 18.1 Å². The van der Waals surface area contributed by atoms with Crippen molar-refractivity contribution in [3.8, 4) is 0 Å². The van der Waals surface area contributed by atoms with Gasteiger partial charge >= 0.3 is 0 Å². The van der Waals surface area contributed by atoms with Gasteiger partial charge in [0, 0.05) is 19.0 Å². The molecule has 0 spiro atoms. The first-order chi connectivity index (χ1) is 7.74. The summed E-state index contributed by atoms with van der Waals surface area (Å²) >= 11 is 9.78. The maximum Gasteiger partial charge on any atom is 0.0670 e. The molecule has 16 heavy (non-hydrogen) atoms. The van der Waals surface area contributed by atoms with Gasteiger partial charge in [-0.1, -0.05) is 39.7 Å². The van der Waals surface area contributed by atoms with Crippen LogP contribution in [0.25, 0.3) is 0 Å². The van der Waals surface area contributed by atoms with Crippen LogP contribution < -0.4 is 4.90 Å². The molecular formula is C12H15BrClNO. The summed E-state index contributed by atoms with van der Waals surface area (Å²) < 4.78 is 5.42. The first kappa shape index (κ1) is 12.2. The van der Waals surface area contributed by atoms with Gasteiger partial charge in [-0.3, -0.25) is 0 Å². The van der Waals surface area contributed by atoms with Crippen molar-refractivity contribution in [3.63, 3.8) is 0 Å². The van der Waals surface area contributed by atoms with Crippen LogP contribution in [0.1, 0.15) is 12.0 Å². The van der Waals surface area contributed by atoms with E-state index >= 15 is 0 Å². The third-order valence-corrected chi connectivity index (χ3v) is 3.93. The summed E-state index contributed by atoms with van der Waals surface area (Å²) in [5.74, 6) is 0. The molecule has 0 aromatic heterocycles. The lowest BCUT2D eigenvalue weighted by Gasteiger charge is -2.28. The second kappa shape index (κ2) is 5.39. The zero-order valence-corrected chi connectivity index (χ0v) is 11.6. The molecule has 2 rings (SSSR count). The Morgan fingerprint density at radius 1 is 1.56 bits per heavy atom. The first-order valence-electron chi connectivity index (χ1n) is 5.38. The van der Waals surface area contributed by atoms with E-state index < -0.39 is 0 Å². The molecule has 0 amide bonds. The summed E-state index contributed by atoms with van der Waals surface area (Å²) in [5.41, 5.74) is 2.35. The zero-order valence-electron chi connectivity index (χ0n) is 9.25. The second-order valence-electron chi connectivity index (χ2n) is 4.01. The van der Waals surface area contributed by atoms with Gasteiger partial charge < -0.3 is 9.64 Å². The van der Waals surface area contributed by atoms with Gasteiger partial charge in [-0.2, -0.15) is 0 Å². The Morgan fingerprint density at radius 2 is 2.38 bits per heavy atom. The summed E-state index contributed by atoms with van der Waals surface area (Å²) in [4.78, 5) is 2.24. The molecule has 1 saturated heterocycles. The van der Waals surface area contributed by atoms with Gasteiger partial charge in [0.1, 0.15) is 0 Å². The smallest absolute Gasteiger partial charge is 0.0670 e. The number of rotatable bonds is 3. The molecule has 1 aliphatic heterocycles. The van der Waals surface area contributed by atoms with Crippen LogP contribution in [0.15, 0.2) is 18.2 Å². The molecular weight excluding hydrogens is 289 g/mol. The van der Waals surface area contributed by atoms with Crippen molar-refractivity contribution in [1.82, 2.24) is 0 Å². The van der Waals surface area contributed by atoms with Crippen LogP contribution in [0, 0.1) is 0 Å². The number of likely N-dealkylation sites (N-methyl/N-ethyl adjacent to an activating group) is 1. The highest BCUT2D eigenvalue weighted by Crippen LogP contribution is 2.33. The van der Waals surface area contributed by atoms with Crippen LogP contribution in [-0.2, 0) is 10.1 Å². The first-order valence-corrected chi connectivity index (χ1v) is 6.88. The lowest BCUT2D eigenvalue weighted by Crippen LogP contribution is -2.32. The number of hydrogen-bond acceptors (Lipinski definition) is 2. The van der Waals surface area contributed by atoms with E-state index in [1.54, 1.807) is 0 Å². The number of hydrogen-bond donors (Lipinski definition) is 0. The highest BCUT2D eigenvalue weighted by molar-refractivity contribution is 9.08. The highest BCUT2D eigenvalue weighted by atomic mass is 79.9. The molecule has 2 nitrogen and oxygen atoms in total. The second-order valence-corrected chi connectivity index (χ2v) is 4.98. The molecule has 1 aromatic carbocycles. The minimum atomic E-state index is 0.442. The molecule has 1 aromatic rings. The maximum atomic E-state index is 6.28. The topological polar surface area (TPSA) is 12.5 Å². The average molecular weight is 305 g/mol. The molecule has 1 heterocycles. The van der Waals surface area contributed by atoms with Crippen molar-refractivity contribution in [1.29, 1.82) is 0 Å². The molecule has 0 radical (unpaired) electrons. The van der Waals surface area contributed by atoms with E-state index in [-0.39, 0.29) is 0 Å². The SMILES string of the molecule is CN(c1c(Cl)cccc1CBr)C1CCOC1. The highest BCUT2D eigenvalue weighted by Gasteiger charge is 2.23. The Labute approximate surface area is 110 Å². The number of alkyl halides is 1. The Balaban J connectivity index is 2.30. The third-order valence-electron chi connectivity index (χ3n) is 3.02. The van der Waals surface area contributed by atoms with Crippen molar-refractivity contribution < 1.29 is 4.74 Å². The lowest BCUT2D eigenvalue weighted by atomic mass is 10.1. The summed E-state index contributed by atoms with van der Waals surface area (Å²) in [6.45, 7) is 1.65. The van der Waals surface area contributed by atoms with E-state index in [0.29, 0.717) is 6.04 Å². The average Bonchev–Trinajstić information content (AvgIpc) is 2.81. The Hall–Kier alpha value is -0.250. The zero-order chi connectivity index (χ0) is 11.5. The minimum absolute atomic E-state index is 0.442. The molecule has 4 heteroatoms. The predicted octanol–water partition coefficient (Wildman–Crippen LogP) is 3.46. The van der Waals surface area contributed by atoms with E-state index in [1.165, 1.54) is 5.56 Å². The Bertz CT molecular complexity index is 366. The van der Waals surface area contributed by atoms with Crippen LogP contribution in [0.5, 0.6) is 0 Å². The molecule has 0 saturated carbocycles. The maximum absolute atomic E-state index is 6.28. The van der Waals surface area contributed by atoms with Crippen LogP contribution in [0.3, 0.4) is 0 Å². The molecule has 1 fully saturated rings. The van der Waals surface area contributed by atoms with Crippen molar-refractivity contribution in [2.45, 2.75) is 17.8 Å². The van der Waals surface area contributed by atoms with Crippen molar-refractivity contribution >= 4 is 33.2 Å². The summed E-state index contributed by atoms with van der Waals surface area (Å²) in [6.07, 6.45) is 1.07. The van der Waals surface area contributed by atoms with Crippen LogP contribution >= 0.6 is 27.5 Å². The van der Waals surface area contributed by atoms with Crippen molar-refractivity contribution in [2.24, 2.45) is 0 Å². The third kappa shape index (κ3) is 2.36. The fraction of sp³-hybridized carbons (Fsp3) is 0.500. The van der Waals surface area contributed by atoms with Gasteiger partial charge in [0.15, 0.2) is 0 Å². The van der Waals surface area contributed by atoms with Gasteiger partial charge in [0.2, 0.25) is 0 Å². The number of anilines is 1. The monoisotopic (exact) mass is 303 g/mol. The molecule has 1 aliphatic rings. The molecule has 1 atom stereocenters. The van der Waals surface area contributed by atoms with Crippen molar-refractivity contribution in [3.05, 3.63) is 28.8 Å². The van der Waals surface area contributed by atoms with Crippen molar-refractivity contribution in [2.75, 3.05) is 25.2 Å². The number of nitrogens with zero attached hydrogens (tertiary/aromatic N) is 1. The van der Waals surface area contributed by atoms with E-state index in [1.807, 2.05) is 12.1 Å². The fourth-order valence-corrected chi connectivity index (χ4v) is 2.85. The summed E-state index contributed by atoms with van der Waals surface area (Å²) in [7, 11) is 2.09. The number of ether oxygens (including phenoxy) is 1. The quantitative estimate of drug-likeness (QED) is 0.793. The molecule has 1 unspecified atom stereocenters. The van der Waals surface area contributed by atoms with Crippen LogP contribution in [-0.4, -0.2) is 26.3 Å². The minimum Gasteiger partial charge on any atom is -0.379 e. The fourth-order valence-electron chi connectivity index (χ4n) is 2.07. The number of halogens is 2. The van der Waals surface area contributed by atoms with E-state index in [9.17, 15) is 0 Å². The van der Waals surface area contributed by atoms with E-state index in [4.69, 9.17) is 16.3 Å². The van der Waals surface area contributed by atoms with Gasteiger partial charge in [-0.25, -0.2) is 0 Å².